The van der Waals surface area contributed by atoms with E-state index >= 15 is 0 Å². The summed E-state index contributed by atoms with van der Waals surface area (Å²) in [5.41, 5.74) is 0. The van der Waals surface area contributed by atoms with Gasteiger partial charge in [-0.2, -0.15) is 0 Å². The van der Waals surface area contributed by atoms with Gasteiger partial charge in [-0.3, -0.25) is 4.79 Å². The molecule has 2 N–H and O–H groups in total. The van der Waals surface area contributed by atoms with E-state index in [9.17, 15) is 4.79 Å². The van der Waals surface area contributed by atoms with Gasteiger partial charge in [0.2, 0.25) is 5.91 Å². The molecule has 0 spiro atoms. The van der Waals surface area contributed by atoms with Crippen LogP contribution in [-0.2, 0) is 4.79 Å². The van der Waals surface area contributed by atoms with Crippen molar-refractivity contribution < 1.29 is 4.79 Å². The molecule has 0 saturated carbocycles. The van der Waals surface area contributed by atoms with Crippen LogP contribution in [0.4, 0.5) is 11.6 Å². The van der Waals surface area contributed by atoms with Gasteiger partial charge in [-0.15, -0.1) is 0 Å². The molecule has 0 bridgehead atoms. The summed E-state index contributed by atoms with van der Waals surface area (Å²) >= 11 is 0. The molecule has 0 fully saturated rings. The molecule has 1 rings (SSSR count). The number of carbonyl (C=O) groups is 1. The van der Waals surface area contributed by atoms with E-state index in [2.05, 4.69) is 20.6 Å². The van der Waals surface area contributed by atoms with Crippen molar-refractivity contribution in [3.63, 3.8) is 0 Å². The molecule has 0 atom stereocenters. The van der Waals surface area contributed by atoms with Crippen LogP contribution >= 0.6 is 0 Å². The van der Waals surface area contributed by atoms with Gasteiger partial charge in [0.25, 0.3) is 0 Å². The fourth-order valence-electron chi connectivity index (χ4n) is 1.09. The highest BCUT2D eigenvalue weighted by atomic mass is 16.1. The molecule has 0 aliphatic carbocycles. The summed E-state index contributed by atoms with van der Waals surface area (Å²) in [5, 5.41) is 5.54. The van der Waals surface area contributed by atoms with Gasteiger partial charge in [-0.1, -0.05) is 13.8 Å². The van der Waals surface area contributed by atoms with Crippen molar-refractivity contribution in [2.45, 2.75) is 20.3 Å². The molecular formula is C10H16N4O. The summed E-state index contributed by atoms with van der Waals surface area (Å²) in [5.74, 6) is 1.47. The molecule has 0 radical (unpaired) electrons. The minimum absolute atomic E-state index is 0.0310. The standard InChI is InChI=1S/C10H16N4O/c1-7(2)4-10(15)14-9-6-12-8(11-3)5-13-9/h5-7H,4H2,1-3H3,(H,11,12)(H,13,14,15). The fraction of sp³-hybridized carbons (Fsp3) is 0.500. The van der Waals surface area contributed by atoms with E-state index in [1.165, 1.54) is 6.20 Å². The lowest BCUT2D eigenvalue weighted by Crippen LogP contribution is -2.15. The number of rotatable bonds is 4. The van der Waals surface area contributed by atoms with Crippen LogP contribution in [-0.4, -0.2) is 22.9 Å². The second-order valence-electron chi connectivity index (χ2n) is 3.68. The molecule has 0 saturated heterocycles. The summed E-state index contributed by atoms with van der Waals surface area (Å²) in [7, 11) is 1.76. The Kier molecular flexibility index (Phi) is 4.03. The first-order valence-corrected chi connectivity index (χ1v) is 4.91. The Labute approximate surface area is 89.3 Å². The van der Waals surface area contributed by atoms with E-state index in [0.717, 1.165) is 0 Å². The van der Waals surface area contributed by atoms with Crippen LogP contribution < -0.4 is 10.6 Å². The molecule has 0 unspecified atom stereocenters. The Bertz CT molecular complexity index is 321. The molecule has 0 aliphatic rings. The minimum atomic E-state index is -0.0310. The van der Waals surface area contributed by atoms with Crippen molar-refractivity contribution in [3.05, 3.63) is 12.4 Å². The Balaban J connectivity index is 2.53. The van der Waals surface area contributed by atoms with Crippen molar-refractivity contribution in [1.82, 2.24) is 9.97 Å². The summed E-state index contributed by atoms with van der Waals surface area (Å²) in [6.45, 7) is 3.99. The van der Waals surface area contributed by atoms with E-state index < -0.39 is 0 Å². The molecule has 1 amide bonds. The second kappa shape index (κ2) is 5.29. The highest BCUT2D eigenvalue weighted by Crippen LogP contribution is 2.06. The molecule has 0 aliphatic heterocycles. The number of amides is 1. The van der Waals surface area contributed by atoms with E-state index in [0.29, 0.717) is 24.0 Å². The fourth-order valence-corrected chi connectivity index (χ4v) is 1.09. The van der Waals surface area contributed by atoms with Gasteiger partial charge in [0.15, 0.2) is 5.82 Å². The number of anilines is 2. The molecule has 5 heteroatoms. The summed E-state index contributed by atoms with van der Waals surface area (Å²) < 4.78 is 0. The van der Waals surface area contributed by atoms with Gasteiger partial charge in [0.05, 0.1) is 12.4 Å². The van der Waals surface area contributed by atoms with Crippen molar-refractivity contribution in [3.8, 4) is 0 Å². The van der Waals surface area contributed by atoms with Gasteiger partial charge in [0.1, 0.15) is 5.82 Å². The van der Waals surface area contributed by atoms with Crippen molar-refractivity contribution >= 4 is 17.5 Å². The number of carbonyl (C=O) groups excluding carboxylic acids is 1. The lowest BCUT2D eigenvalue weighted by Gasteiger charge is -2.06. The van der Waals surface area contributed by atoms with E-state index in [1.807, 2.05) is 13.8 Å². The quantitative estimate of drug-likeness (QED) is 0.787. The predicted octanol–water partition coefficient (Wildman–Crippen LogP) is 1.50. The average molecular weight is 208 g/mol. The van der Waals surface area contributed by atoms with E-state index in [4.69, 9.17) is 0 Å². The number of hydrogen-bond acceptors (Lipinski definition) is 4. The predicted molar refractivity (Wildman–Crippen MR) is 59.7 cm³/mol. The summed E-state index contributed by atoms with van der Waals surface area (Å²) in [6.07, 6.45) is 3.60. The number of hydrogen-bond donors (Lipinski definition) is 2. The van der Waals surface area contributed by atoms with Crippen LogP contribution in [0.1, 0.15) is 20.3 Å². The first-order valence-electron chi connectivity index (χ1n) is 4.91. The molecule has 1 aromatic heterocycles. The molecule has 5 nitrogen and oxygen atoms in total. The van der Waals surface area contributed by atoms with E-state index in [-0.39, 0.29) is 5.91 Å². The van der Waals surface area contributed by atoms with Gasteiger partial charge in [-0.05, 0) is 5.92 Å². The summed E-state index contributed by atoms with van der Waals surface area (Å²) in [4.78, 5) is 19.5. The lowest BCUT2D eigenvalue weighted by atomic mass is 10.1. The largest absolute Gasteiger partial charge is 0.372 e. The topological polar surface area (TPSA) is 66.9 Å². The molecule has 1 aromatic rings. The highest BCUT2D eigenvalue weighted by Gasteiger charge is 2.05. The van der Waals surface area contributed by atoms with Crippen LogP contribution in [0.15, 0.2) is 12.4 Å². The molecule has 82 valence electrons. The zero-order chi connectivity index (χ0) is 11.3. The Morgan fingerprint density at radius 2 is 1.93 bits per heavy atom. The van der Waals surface area contributed by atoms with Gasteiger partial charge in [0, 0.05) is 13.5 Å². The minimum Gasteiger partial charge on any atom is -0.372 e. The smallest absolute Gasteiger partial charge is 0.225 e. The molecule has 1 heterocycles. The second-order valence-corrected chi connectivity index (χ2v) is 3.68. The van der Waals surface area contributed by atoms with Gasteiger partial charge in [-0.25, -0.2) is 9.97 Å². The van der Waals surface area contributed by atoms with Crippen molar-refractivity contribution in [1.29, 1.82) is 0 Å². The molecule has 0 aromatic carbocycles. The van der Waals surface area contributed by atoms with Crippen LogP contribution in [0.5, 0.6) is 0 Å². The van der Waals surface area contributed by atoms with Crippen LogP contribution in [0.25, 0.3) is 0 Å². The monoisotopic (exact) mass is 208 g/mol. The van der Waals surface area contributed by atoms with E-state index in [1.54, 1.807) is 13.2 Å². The molecular weight excluding hydrogens is 192 g/mol. The third-order valence-electron chi connectivity index (χ3n) is 1.77. The van der Waals surface area contributed by atoms with Gasteiger partial charge >= 0.3 is 0 Å². The normalized spacial score (nSPS) is 10.1. The lowest BCUT2D eigenvalue weighted by molar-refractivity contribution is -0.116. The Morgan fingerprint density at radius 3 is 2.40 bits per heavy atom. The first kappa shape index (κ1) is 11.4. The zero-order valence-corrected chi connectivity index (χ0v) is 9.24. The third kappa shape index (κ3) is 3.93. The maximum absolute atomic E-state index is 11.4. The maximum Gasteiger partial charge on any atom is 0.225 e. The Morgan fingerprint density at radius 1 is 1.33 bits per heavy atom. The maximum atomic E-state index is 11.4. The van der Waals surface area contributed by atoms with Crippen LogP contribution in [0.2, 0.25) is 0 Å². The van der Waals surface area contributed by atoms with Gasteiger partial charge < -0.3 is 10.6 Å². The summed E-state index contributed by atoms with van der Waals surface area (Å²) in [6, 6.07) is 0. The highest BCUT2D eigenvalue weighted by molar-refractivity contribution is 5.89. The van der Waals surface area contributed by atoms with Crippen LogP contribution in [0.3, 0.4) is 0 Å². The average Bonchev–Trinajstić information content (AvgIpc) is 2.17. The number of aromatic nitrogens is 2. The zero-order valence-electron chi connectivity index (χ0n) is 9.24. The first-order chi connectivity index (χ1) is 7.11. The number of nitrogens with zero attached hydrogens (tertiary/aromatic N) is 2. The molecule has 15 heavy (non-hydrogen) atoms. The number of nitrogens with one attached hydrogen (secondary N) is 2. The van der Waals surface area contributed by atoms with Crippen LogP contribution in [0, 0.1) is 5.92 Å². The Hall–Kier alpha value is -1.65. The third-order valence-corrected chi connectivity index (χ3v) is 1.77. The van der Waals surface area contributed by atoms with Crippen molar-refractivity contribution in [2.24, 2.45) is 5.92 Å². The van der Waals surface area contributed by atoms with Crippen molar-refractivity contribution in [2.75, 3.05) is 17.7 Å². The SMILES string of the molecule is CNc1cnc(NC(=O)CC(C)C)cn1.